The Morgan fingerprint density at radius 3 is 2.38 bits per heavy atom. The average molecular weight is 376 g/mol. The molecular formula is C19H24N2O4S. The summed E-state index contributed by atoms with van der Waals surface area (Å²) < 4.78 is 33.3. The van der Waals surface area contributed by atoms with E-state index >= 15 is 0 Å². The number of anilines is 1. The summed E-state index contributed by atoms with van der Waals surface area (Å²) >= 11 is 0. The van der Waals surface area contributed by atoms with E-state index in [2.05, 4.69) is 10.0 Å². The van der Waals surface area contributed by atoms with Gasteiger partial charge in [-0.1, -0.05) is 19.1 Å². The van der Waals surface area contributed by atoms with Gasteiger partial charge in [0.15, 0.2) is 0 Å². The number of nitrogens with one attached hydrogen (secondary N) is 2. The number of carbonyl (C=O) groups is 1. The minimum atomic E-state index is -3.70. The van der Waals surface area contributed by atoms with E-state index in [-0.39, 0.29) is 17.2 Å². The maximum absolute atomic E-state index is 12.6. The lowest BCUT2D eigenvalue weighted by molar-refractivity contribution is -0.119. The first-order chi connectivity index (χ1) is 12.4. The van der Waals surface area contributed by atoms with Crippen LogP contribution in [0.1, 0.15) is 24.5 Å². The van der Waals surface area contributed by atoms with Crippen molar-refractivity contribution < 1.29 is 17.9 Å². The van der Waals surface area contributed by atoms with Crippen LogP contribution in [0.25, 0.3) is 0 Å². The number of ether oxygens (including phenoxy) is 1. The fourth-order valence-electron chi connectivity index (χ4n) is 2.34. The van der Waals surface area contributed by atoms with Gasteiger partial charge >= 0.3 is 0 Å². The monoisotopic (exact) mass is 376 g/mol. The quantitative estimate of drug-likeness (QED) is 0.742. The fourth-order valence-corrected chi connectivity index (χ4v) is 3.48. The number of benzene rings is 2. The van der Waals surface area contributed by atoms with Gasteiger partial charge in [-0.2, -0.15) is 0 Å². The van der Waals surface area contributed by atoms with E-state index in [1.807, 2.05) is 13.8 Å². The second-order valence-corrected chi connectivity index (χ2v) is 7.61. The molecule has 0 heterocycles. The van der Waals surface area contributed by atoms with Crippen molar-refractivity contribution in [3.05, 3.63) is 53.6 Å². The number of sulfonamides is 1. The lowest BCUT2D eigenvalue weighted by Crippen LogP contribution is -2.19. The molecule has 0 spiro atoms. The van der Waals surface area contributed by atoms with E-state index in [1.54, 1.807) is 43.4 Å². The van der Waals surface area contributed by atoms with E-state index < -0.39 is 10.0 Å². The molecule has 0 saturated carbocycles. The third-order valence-corrected chi connectivity index (χ3v) is 5.15. The summed E-state index contributed by atoms with van der Waals surface area (Å²) in [6, 6.07) is 11.5. The van der Waals surface area contributed by atoms with E-state index in [0.717, 1.165) is 17.5 Å². The minimum Gasteiger partial charge on any atom is -0.493 e. The van der Waals surface area contributed by atoms with Crippen LogP contribution in [-0.4, -0.2) is 28.0 Å². The van der Waals surface area contributed by atoms with Gasteiger partial charge in [-0.05, 0) is 54.8 Å². The van der Waals surface area contributed by atoms with Crippen LogP contribution in [0.3, 0.4) is 0 Å². The third-order valence-electron chi connectivity index (χ3n) is 3.77. The molecule has 0 radical (unpaired) electrons. The Labute approximate surface area is 154 Å². The number of hydrogen-bond acceptors (Lipinski definition) is 4. The highest BCUT2D eigenvalue weighted by Gasteiger charge is 2.16. The van der Waals surface area contributed by atoms with Gasteiger partial charge in [0, 0.05) is 12.7 Å². The molecule has 0 bridgehead atoms. The van der Waals surface area contributed by atoms with E-state index in [0.29, 0.717) is 18.0 Å². The van der Waals surface area contributed by atoms with E-state index in [9.17, 15) is 13.2 Å². The number of likely N-dealkylation sites (N-methyl/N-ethyl adjacent to an activating group) is 1. The predicted molar refractivity (Wildman–Crippen MR) is 102 cm³/mol. The molecule has 140 valence electrons. The molecule has 7 heteroatoms. The Kier molecular flexibility index (Phi) is 6.63. The van der Waals surface area contributed by atoms with Gasteiger partial charge in [-0.15, -0.1) is 0 Å². The van der Waals surface area contributed by atoms with Crippen molar-refractivity contribution in [2.45, 2.75) is 31.6 Å². The lowest BCUT2D eigenvalue weighted by atomic mass is 10.1. The number of aryl methyl sites for hydroxylation is 1. The van der Waals surface area contributed by atoms with Gasteiger partial charge in [0.1, 0.15) is 5.75 Å². The summed E-state index contributed by atoms with van der Waals surface area (Å²) in [5.74, 6) is 0.587. The van der Waals surface area contributed by atoms with Crippen molar-refractivity contribution in [2.75, 3.05) is 18.4 Å². The predicted octanol–water partition coefficient (Wildman–Crippen LogP) is 2.87. The zero-order valence-corrected chi connectivity index (χ0v) is 16.0. The first-order valence-corrected chi connectivity index (χ1v) is 9.90. The highest BCUT2D eigenvalue weighted by Crippen LogP contribution is 2.24. The second-order valence-electron chi connectivity index (χ2n) is 5.93. The Bertz CT molecular complexity index is 862. The molecule has 2 aromatic rings. The van der Waals surface area contributed by atoms with Crippen LogP contribution in [0, 0.1) is 6.92 Å². The SMILES string of the molecule is CCCOc1ccc(S(=O)(=O)Nc2ccc(CC(=O)NC)cc2)cc1C. The maximum Gasteiger partial charge on any atom is 0.261 e. The lowest BCUT2D eigenvalue weighted by Gasteiger charge is -2.12. The van der Waals surface area contributed by atoms with Gasteiger partial charge in [-0.3, -0.25) is 9.52 Å². The molecule has 0 aromatic heterocycles. The third kappa shape index (κ3) is 5.23. The molecular weight excluding hydrogens is 352 g/mol. The van der Waals surface area contributed by atoms with Crippen LogP contribution in [0.5, 0.6) is 5.75 Å². The molecule has 2 N–H and O–H groups in total. The molecule has 1 amide bonds. The summed E-state index contributed by atoms with van der Waals surface area (Å²) in [7, 11) is -2.12. The van der Waals surface area contributed by atoms with E-state index in [1.165, 1.54) is 6.07 Å². The van der Waals surface area contributed by atoms with Gasteiger partial charge in [0.2, 0.25) is 5.91 Å². The summed E-state index contributed by atoms with van der Waals surface area (Å²) in [6.45, 7) is 4.42. The summed E-state index contributed by atoms with van der Waals surface area (Å²) in [4.78, 5) is 11.5. The van der Waals surface area contributed by atoms with Gasteiger partial charge in [0.05, 0.1) is 17.9 Å². The smallest absolute Gasteiger partial charge is 0.261 e. The molecule has 0 aliphatic carbocycles. The highest BCUT2D eigenvalue weighted by atomic mass is 32.2. The van der Waals surface area contributed by atoms with Crippen molar-refractivity contribution in [3.8, 4) is 5.75 Å². The van der Waals surface area contributed by atoms with Crippen LogP contribution >= 0.6 is 0 Å². The van der Waals surface area contributed by atoms with Crippen molar-refractivity contribution >= 4 is 21.6 Å². The summed E-state index contributed by atoms with van der Waals surface area (Å²) in [5, 5.41) is 2.55. The summed E-state index contributed by atoms with van der Waals surface area (Å²) in [5.41, 5.74) is 2.01. The molecule has 0 aliphatic heterocycles. The Balaban J connectivity index is 2.13. The Hall–Kier alpha value is -2.54. The zero-order chi connectivity index (χ0) is 19.2. The molecule has 0 unspecified atom stereocenters. The molecule has 6 nitrogen and oxygen atoms in total. The fraction of sp³-hybridized carbons (Fsp3) is 0.316. The number of carbonyl (C=O) groups excluding carboxylic acids is 1. The van der Waals surface area contributed by atoms with Crippen LogP contribution < -0.4 is 14.8 Å². The Morgan fingerprint density at radius 2 is 1.81 bits per heavy atom. The van der Waals surface area contributed by atoms with Gasteiger partial charge in [0.25, 0.3) is 10.0 Å². The maximum atomic E-state index is 12.6. The topological polar surface area (TPSA) is 84.5 Å². The van der Waals surface area contributed by atoms with Crippen LogP contribution in [0.4, 0.5) is 5.69 Å². The van der Waals surface area contributed by atoms with Crippen LogP contribution in [0.2, 0.25) is 0 Å². The largest absolute Gasteiger partial charge is 0.493 e. The van der Waals surface area contributed by atoms with Crippen molar-refractivity contribution in [1.82, 2.24) is 5.32 Å². The normalized spacial score (nSPS) is 11.0. The molecule has 2 aromatic carbocycles. The van der Waals surface area contributed by atoms with Gasteiger partial charge in [-0.25, -0.2) is 8.42 Å². The molecule has 0 fully saturated rings. The molecule has 0 saturated heterocycles. The highest BCUT2D eigenvalue weighted by molar-refractivity contribution is 7.92. The minimum absolute atomic E-state index is 0.0980. The first-order valence-electron chi connectivity index (χ1n) is 8.41. The Morgan fingerprint density at radius 1 is 1.12 bits per heavy atom. The molecule has 2 rings (SSSR count). The van der Waals surface area contributed by atoms with Crippen molar-refractivity contribution in [1.29, 1.82) is 0 Å². The zero-order valence-electron chi connectivity index (χ0n) is 15.2. The van der Waals surface area contributed by atoms with Gasteiger partial charge < -0.3 is 10.1 Å². The van der Waals surface area contributed by atoms with Crippen LogP contribution in [0.15, 0.2) is 47.4 Å². The molecule has 26 heavy (non-hydrogen) atoms. The number of amides is 1. The number of hydrogen-bond donors (Lipinski definition) is 2. The number of rotatable bonds is 8. The van der Waals surface area contributed by atoms with Crippen molar-refractivity contribution in [2.24, 2.45) is 0 Å². The van der Waals surface area contributed by atoms with Crippen LogP contribution in [-0.2, 0) is 21.2 Å². The van der Waals surface area contributed by atoms with Crippen molar-refractivity contribution in [3.63, 3.8) is 0 Å². The first kappa shape index (κ1) is 19.8. The average Bonchev–Trinajstić information content (AvgIpc) is 2.62. The summed E-state index contributed by atoms with van der Waals surface area (Å²) in [6.07, 6.45) is 1.14. The van der Waals surface area contributed by atoms with E-state index in [4.69, 9.17) is 4.74 Å². The molecule has 0 atom stereocenters. The molecule has 0 aliphatic rings. The second kappa shape index (κ2) is 8.71. The standard InChI is InChI=1S/C19H24N2O4S/c1-4-11-25-18-10-9-17(12-14(18)2)26(23,24)21-16-7-5-15(6-8-16)13-19(22)20-3/h5-10,12,21H,4,11,13H2,1-3H3,(H,20,22).